The molecule has 0 saturated heterocycles. The molecule has 2 atom stereocenters. The Morgan fingerprint density at radius 1 is 0.967 bits per heavy atom. The third-order valence-corrected chi connectivity index (χ3v) is 7.10. The SMILES string of the molecule is COc1ccc([C@H]2Sc3ccccc3N=C3c4cc(C)ccc4OC[C@H]32)cc1OC. The first-order valence-corrected chi connectivity index (χ1v) is 10.9. The maximum Gasteiger partial charge on any atom is 0.161 e. The van der Waals surface area contributed by atoms with Crippen molar-refractivity contribution in [3.05, 3.63) is 77.4 Å². The predicted octanol–water partition coefficient (Wildman–Crippen LogP) is 5.99. The van der Waals surface area contributed by atoms with Gasteiger partial charge < -0.3 is 14.2 Å². The highest BCUT2D eigenvalue weighted by Gasteiger charge is 2.37. The number of hydrogen-bond donors (Lipinski definition) is 0. The van der Waals surface area contributed by atoms with Crippen molar-refractivity contribution in [2.75, 3.05) is 20.8 Å². The van der Waals surface area contributed by atoms with E-state index in [1.54, 1.807) is 14.2 Å². The molecule has 0 saturated carbocycles. The Labute approximate surface area is 180 Å². The number of benzene rings is 3. The molecule has 0 radical (unpaired) electrons. The van der Waals surface area contributed by atoms with Gasteiger partial charge in [-0.15, -0.1) is 11.8 Å². The Balaban J connectivity index is 1.68. The van der Waals surface area contributed by atoms with Gasteiger partial charge in [0.05, 0.1) is 38.1 Å². The third kappa shape index (κ3) is 3.23. The topological polar surface area (TPSA) is 40.0 Å². The quantitative estimate of drug-likeness (QED) is 0.525. The fourth-order valence-corrected chi connectivity index (χ4v) is 5.45. The molecular formula is C25H23NO3S. The Bertz CT molecular complexity index is 1140. The highest BCUT2D eigenvalue weighted by atomic mass is 32.2. The minimum atomic E-state index is 0.120. The van der Waals surface area contributed by atoms with Gasteiger partial charge in [0, 0.05) is 15.7 Å². The zero-order valence-electron chi connectivity index (χ0n) is 17.2. The number of aryl methyl sites for hydroxylation is 1. The van der Waals surface area contributed by atoms with E-state index in [1.165, 1.54) is 16.0 Å². The van der Waals surface area contributed by atoms with Gasteiger partial charge in [0.15, 0.2) is 11.5 Å². The molecule has 0 amide bonds. The number of fused-ring (bicyclic) bond motifs is 4. The van der Waals surface area contributed by atoms with Crippen LogP contribution in [0, 0.1) is 12.8 Å². The van der Waals surface area contributed by atoms with Crippen molar-refractivity contribution >= 4 is 23.2 Å². The average molecular weight is 418 g/mol. The van der Waals surface area contributed by atoms with Crippen molar-refractivity contribution in [3.8, 4) is 17.2 Å². The fourth-order valence-electron chi connectivity index (χ4n) is 4.13. The van der Waals surface area contributed by atoms with Crippen LogP contribution in [0.5, 0.6) is 17.2 Å². The van der Waals surface area contributed by atoms with E-state index in [1.807, 2.05) is 23.9 Å². The van der Waals surface area contributed by atoms with Crippen molar-refractivity contribution < 1.29 is 14.2 Å². The van der Waals surface area contributed by atoms with Crippen LogP contribution >= 0.6 is 11.8 Å². The predicted molar refractivity (Wildman–Crippen MR) is 121 cm³/mol. The van der Waals surface area contributed by atoms with E-state index in [2.05, 4.69) is 55.5 Å². The normalized spacial score (nSPS) is 19.4. The largest absolute Gasteiger partial charge is 0.493 e. The Kier molecular flexibility index (Phi) is 4.91. The molecular weight excluding hydrogens is 394 g/mol. The van der Waals surface area contributed by atoms with Crippen molar-refractivity contribution in [1.29, 1.82) is 0 Å². The van der Waals surface area contributed by atoms with Crippen LogP contribution in [0.25, 0.3) is 0 Å². The maximum atomic E-state index is 6.21. The highest BCUT2D eigenvalue weighted by Crippen LogP contribution is 2.51. The molecule has 2 aliphatic heterocycles. The van der Waals surface area contributed by atoms with Crippen LogP contribution < -0.4 is 14.2 Å². The average Bonchev–Trinajstić information content (AvgIpc) is 2.95. The molecule has 3 aromatic rings. The number of aliphatic imine (C=N–C) groups is 1. The molecule has 5 rings (SSSR count). The van der Waals surface area contributed by atoms with Gasteiger partial charge in [-0.1, -0.05) is 29.8 Å². The van der Waals surface area contributed by atoms with Crippen molar-refractivity contribution in [3.63, 3.8) is 0 Å². The summed E-state index contributed by atoms with van der Waals surface area (Å²) >= 11 is 1.84. The molecule has 2 aliphatic rings. The van der Waals surface area contributed by atoms with Crippen LogP contribution in [-0.4, -0.2) is 26.5 Å². The van der Waals surface area contributed by atoms with Gasteiger partial charge in [0.1, 0.15) is 5.75 Å². The Morgan fingerprint density at radius 2 is 1.80 bits per heavy atom. The van der Waals surface area contributed by atoms with Crippen molar-refractivity contribution in [2.24, 2.45) is 10.9 Å². The smallest absolute Gasteiger partial charge is 0.161 e. The van der Waals surface area contributed by atoms with Crippen LogP contribution in [-0.2, 0) is 0 Å². The lowest BCUT2D eigenvalue weighted by Crippen LogP contribution is -2.32. The standard InChI is InChI=1S/C25H23NO3S/c1-15-8-10-20-17(12-15)24-18(14-29-20)25(30-23-7-5-4-6-19(23)26-24)16-9-11-21(27-2)22(13-16)28-3/h4-13,18,25H,14H2,1-3H3/t18-,25-/m1/s1. The number of para-hydroxylation sites is 1. The number of nitrogens with zero attached hydrogens (tertiary/aromatic N) is 1. The summed E-state index contributed by atoms with van der Waals surface area (Å²) in [6.07, 6.45) is 0. The molecule has 0 fully saturated rings. The summed E-state index contributed by atoms with van der Waals surface area (Å²) in [4.78, 5) is 6.33. The van der Waals surface area contributed by atoms with Crippen molar-refractivity contribution in [2.45, 2.75) is 17.1 Å². The van der Waals surface area contributed by atoms with E-state index in [4.69, 9.17) is 19.2 Å². The monoisotopic (exact) mass is 417 g/mol. The Hall–Kier alpha value is -2.92. The molecule has 2 heterocycles. The molecule has 5 heteroatoms. The minimum absolute atomic E-state index is 0.120. The molecule has 0 spiro atoms. The van der Waals surface area contributed by atoms with Crippen LogP contribution in [0.4, 0.5) is 5.69 Å². The molecule has 4 nitrogen and oxygen atoms in total. The van der Waals surface area contributed by atoms with Crippen molar-refractivity contribution in [1.82, 2.24) is 0 Å². The van der Waals surface area contributed by atoms with Gasteiger partial charge in [-0.3, -0.25) is 4.99 Å². The molecule has 0 N–H and O–H groups in total. The van der Waals surface area contributed by atoms with Crippen LogP contribution in [0.1, 0.15) is 21.9 Å². The van der Waals surface area contributed by atoms with E-state index in [0.29, 0.717) is 6.61 Å². The number of rotatable bonds is 3. The summed E-state index contributed by atoms with van der Waals surface area (Å²) < 4.78 is 17.2. The van der Waals surface area contributed by atoms with Gasteiger partial charge in [-0.05, 0) is 48.9 Å². The molecule has 30 heavy (non-hydrogen) atoms. The lowest BCUT2D eigenvalue weighted by atomic mass is 9.87. The zero-order chi connectivity index (χ0) is 20.7. The molecule has 0 aromatic heterocycles. The van der Waals surface area contributed by atoms with E-state index < -0.39 is 0 Å². The first-order valence-electron chi connectivity index (χ1n) is 9.98. The number of methoxy groups -OCH3 is 2. The van der Waals surface area contributed by atoms with Crippen LogP contribution in [0.2, 0.25) is 0 Å². The first kappa shape index (κ1) is 19.1. The highest BCUT2D eigenvalue weighted by molar-refractivity contribution is 7.99. The molecule has 0 unspecified atom stereocenters. The lowest BCUT2D eigenvalue weighted by Gasteiger charge is -2.32. The zero-order valence-corrected chi connectivity index (χ0v) is 18.0. The molecule has 3 aromatic carbocycles. The Morgan fingerprint density at radius 3 is 2.63 bits per heavy atom. The summed E-state index contributed by atoms with van der Waals surface area (Å²) in [6.45, 7) is 2.70. The number of thioether (sulfide) groups is 1. The van der Waals surface area contributed by atoms with E-state index >= 15 is 0 Å². The second-order valence-corrected chi connectivity index (χ2v) is 8.72. The molecule has 152 valence electrons. The first-order chi connectivity index (χ1) is 14.7. The van der Waals surface area contributed by atoms with E-state index in [9.17, 15) is 0 Å². The summed E-state index contributed by atoms with van der Waals surface area (Å²) in [5.41, 5.74) is 5.58. The summed E-state index contributed by atoms with van der Waals surface area (Å²) in [6, 6.07) is 20.9. The van der Waals surface area contributed by atoms with Gasteiger partial charge >= 0.3 is 0 Å². The summed E-state index contributed by atoms with van der Waals surface area (Å²) in [5, 5.41) is 0.140. The van der Waals surface area contributed by atoms with Gasteiger partial charge in [-0.25, -0.2) is 0 Å². The van der Waals surface area contributed by atoms with Crippen LogP contribution in [0.15, 0.2) is 70.6 Å². The van der Waals surface area contributed by atoms with Gasteiger partial charge in [-0.2, -0.15) is 0 Å². The van der Waals surface area contributed by atoms with Gasteiger partial charge in [0.25, 0.3) is 0 Å². The number of hydrogen-bond acceptors (Lipinski definition) is 5. The van der Waals surface area contributed by atoms with E-state index in [0.717, 1.165) is 34.2 Å². The third-order valence-electron chi connectivity index (χ3n) is 5.64. The van der Waals surface area contributed by atoms with Gasteiger partial charge in [0.2, 0.25) is 0 Å². The minimum Gasteiger partial charge on any atom is -0.493 e. The lowest BCUT2D eigenvalue weighted by molar-refractivity contribution is 0.271. The number of ether oxygens (including phenoxy) is 3. The summed E-state index contributed by atoms with van der Waals surface area (Å²) in [5.74, 6) is 2.50. The molecule has 0 aliphatic carbocycles. The molecule has 0 bridgehead atoms. The summed E-state index contributed by atoms with van der Waals surface area (Å²) in [7, 11) is 3.33. The fraction of sp³-hybridized carbons (Fsp3) is 0.240. The maximum absolute atomic E-state index is 6.21. The second kappa shape index (κ2) is 7.73. The second-order valence-electron chi connectivity index (χ2n) is 7.53. The van der Waals surface area contributed by atoms with E-state index in [-0.39, 0.29) is 11.2 Å². The van der Waals surface area contributed by atoms with Crippen LogP contribution in [0.3, 0.4) is 0 Å².